The van der Waals surface area contributed by atoms with Crippen molar-refractivity contribution in [3.63, 3.8) is 0 Å². The maximum atomic E-state index is 6.22. The van der Waals surface area contributed by atoms with E-state index < -0.39 is 0 Å². The first-order valence-corrected chi connectivity index (χ1v) is 7.00. The molecular weight excluding hydrogens is 224 g/mol. The molecule has 1 aromatic rings. The van der Waals surface area contributed by atoms with E-state index in [9.17, 15) is 0 Å². The second-order valence-electron chi connectivity index (χ2n) is 5.58. The van der Waals surface area contributed by atoms with Crippen molar-refractivity contribution < 1.29 is 4.74 Å². The molecule has 2 aliphatic rings. The predicted molar refractivity (Wildman–Crippen MR) is 74.4 cm³/mol. The van der Waals surface area contributed by atoms with Crippen LogP contribution < -0.4 is 10.1 Å². The summed E-state index contributed by atoms with van der Waals surface area (Å²) in [5, 5.41) is 3.40. The fourth-order valence-corrected chi connectivity index (χ4v) is 2.92. The highest BCUT2D eigenvalue weighted by Gasteiger charge is 2.26. The fraction of sp³-hybridized carbons (Fsp3) is 0.600. The van der Waals surface area contributed by atoms with Crippen LogP contribution >= 0.6 is 0 Å². The van der Waals surface area contributed by atoms with Crippen LogP contribution in [0.2, 0.25) is 0 Å². The maximum absolute atomic E-state index is 6.22. The number of rotatable bonds is 3. The average Bonchev–Trinajstić information content (AvgIpc) is 2.97. The quantitative estimate of drug-likeness (QED) is 0.887. The molecule has 2 aliphatic heterocycles. The fourth-order valence-electron chi connectivity index (χ4n) is 2.92. The third-order valence-electron chi connectivity index (χ3n) is 4.02. The van der Waals surface area contributed by atoms with E-state index in [1.54, 1.807) is 0 Å². The number of hydrogen-bond donors (Lipinski definition) is 1. The summed E-state index contributed by atoms with van der Waals surface area (Å²) < 4.78 is 6.22. The van der Waals surface area contributed by atoms with Gasteiger partial charge in [0.2, 0.25) is 0 Å². The van der Waals surface area contributed by atoms with Crippen LogP contribution in [0.1, 0.15) is 25.8 Å². The molecule has 0 spiro atoms. The summed E-state index contributed by atoms with van der Waals surface area (Å²) in [5.74, 6) is 1.09. The van der Waals surface area contributed by atoms with Gasteiger partial charge in [-0.1, -0.05) is 6.07 Å². The van der Waals surface area contributed by atoms with Crippen LogP contribution in [0.4, 0.5) is 5.69 Å². The van der Waals surface area contributed by atoms with E-state index in [0.717, 1.165) is 38.2 Å². The highest BCUT2D eigenvalue weighted by Crippen LogP contribution is 2.32. The van der Waals surface area contributed by atoms with Crippen molar-refractivity contribution in [1.29, 1.82) is 0 Å². The normalized spacial score (nSPS) is 23.2. The number of likely N-dealkylation sites (tertiary alicyclic amines) is 1. The Hall–Kier alpha value is -1.22. The molecule has 1 atom stereocenters. The van der Waals surface area contributed by atoms with Gasteiger partial charge in [-0.2, -0.15) is 0 Å². The van der Waals surface area contributed by atoms with Crippen molar-refractivity contribution in [1.82, 2.24) is 4.90 Å². The number of hydrogen-bond acceptors (Lipinski definition) is 3. The number of ether oxygens (including phenoxy) is 1. The van der Waals surface area contributed by atoms with Crippen molar-refractivity contribution in [2.75, 3.05) is 25.0 Å². The SMILES string of the molecule is CC(C)N1CCC(Oc2cccc3c2CCN3)C1. The Morgan fingerprint density at radius 3 is 3.06 bits per heavy atom. The predicted octanol–water partition coefficient (Wildman–Crippen LogP) is 2.52. The Morgan fingerprint density at radius 1 is 1.39 bits per heavy atom. The maximum Gasteiger partial charge on any atom is 0.125 e. The van der Waals surface area contributed by atoms with E-state index in [4.69, 9.17) is 4.74 Å². The zero-order valence-electron chi connectivity index (χ0n) is 11.3. The van der Waals surface area contributed by atoms with Crippen LogP contribution in [0, 0.1) is 0 Å². The van der Waals surface area contributed by atoms with Gasteiger partial charge in [0, 0.05) is 36.9 Å². The third-order valence-corrected chi connectivity index (χ3v) is 4.02. The minimum absolute atomic E-state index is 0.361. The van der Waals surface area contributed by atoms with Gasteiger partial charge in [-0.05, 0) is 38.8 Å². The summed E-state index contributed by atoms with van der Waals surface area (Å²) in [7, 11) is 0. The number of nitrogens with zero attached hydrogens (tertiary/aromatic N) is 1. The summed E-state index contributed by atoms with van der Waals surface area (Å²) in [4.78, 5) is 2.49. The van der Waals surface area contributed by atoms with Crippen molar-refractivity contribution in [2.24, 2.45) is 0 Å². The molecule has 0 saturated carbocycles. The molecule has 0 aromatic heterocycles. The van der Waals surface area contributed by atoms with Crippen LogP contribution in [-0.2, 0) is 6.42 Å². The highest BCUT2D eigenvalue weighted by molar-refractivity contribution is 5.61. The van der Waals surface area contributed by atoms with Gasteiger partial charge in [0.15, 0.2) is 0 Å². The van der Waals surface area contributed by atoms with E-state index in [-0.39, 0.29) is 0 Å². The summed E-state index contributed by atoms with van der Waals surface area (Å²) in [5.41, 5.74) is 2.62. The highest BCUT2D eigenvalue weighted by atomic mass is 16.5. The number of anilines is 1. The second-order valence-corrected chi connectivity index (χ2v) is 5.58. The lowest BCUT2D eigenvalue weighted by Crippen LogP contribution is -2.30. The van der Waals surface area contributed by atoms with E-state index in [1.165, 1.54) is 11.3 Å². The van der Waals surface area contributed by atoms with Gasteiger partial charge in [0.05, 0.1) is 0 Å². The molecular formula is C15H22N2O. The average molecular weight is 246 g/mol. The van der Waals surface area contributed by atoms with E-state index in [1.807, 2.05) is 0 Å². The lowest BCUT2D eigenvalue weighted by atomic mass is 10.1. The zero-order chi connectivity index (χ0) is 12.5. The van der Waals surface area contributed by atoms with Gasteiger partial charge >= 0.3 is 0 Å². The third kappa shape index (κ3) is 2.19. The van der Waals surface area contributed by atoms with Gasteiger partial charge in [0.1, 0.15) is 11.9 Å². The molecule has 0 bridgehead atoms. The molecule has 0 amide bonds. The Labute approximate surface area is 109 Å². The monoisotopic (exact) mass is 246 g/mol. The summed E-state index contributed by atoms with van der Waals surface area (Å²) in [6.45, 7) is 7.78. The Balaban J connectivity index is 1.69. The minimum Gasteiger partial charge on any atom is -0.489 e. The Kier molecular flexibility index (Phi) is 3.16. The molecule has 2 heterocycles. The van der Waals surface area contributed by atoms with Crippen molar-refractivity contribution in [3.8, 4) is 5.75 Å². The van der Waals surface area contributed by atoms with Crippen LogP contribution in [0.3, 0.4) is 0 Å². The summed E-state index contributed by atoms with van der Waals surface area (Å²) in [6.07, 6.45) is 2.60. The van der Waals surface area contributed by atoms with E-state index >= 15 is 0 Å². The second kappa shape index (κ2) is 4.81. The van der Waals surface area contributed by atoms with Gasteiger partial charge < -0.3 is 10.1 Å². The molecule has 0 radical (unpaired) electrons. The molecule has 3 rings (SSSR count). The molecule has 98 valence electrons. The van der Waals surface area contributed by atoms with Crippen LogP contribution in [-0.4, -0.2) is 36.7 Å². The first kappa shape index (κ1) is 11.8. The summed E-state index contributed by atoms with van der Waals surface area (Å²) in [6, 6.07) is 6.97. The van der Waals surface area contributed by atoms with Crippen LogP contribution in [0.15, 0.2) is 18.2 Å². The molecule has 3 heteroatoms. The van der Waals surface area contributed by atoms with Gasteiger partial charge in [-0.25, -0.2) is 0 Å². The summed E-state index contributed by atoms with van der Waals surface area (Å²) >= 11 is 0. The molecule has 3 nitrogen and oxygen atoms in total. The smallest absolute Gasteiger partial charge is 0.125 e. The lowest BCUT2D eigenvalue weighted by Gasteiger charge is -2.21. The molecule has 1 N–H and O–H groups in total. The molecule has 1 aromatic carbocycles. The Morgan fingerprint density at radius 2 is 2.28 bits per heavy atom. The lowest BCUT2D eigenvalue weighted by molar-refractivity contribution is 0.186. The molecule has 1 saturated heterocycles. The Bertz CT molecular complexity index is 431. The molecule has 1 unspecified atom stereocenters. The molecule has 1 fully saturated rings. The van der Waals surface area contributed by atoms with Crippen molar-refractivity contribution in [2.45, 2.75) is 38.8 Å². The van der Waals surface area contributed by atoms with E-state index in [0.29, 0.717) is 12.1 Å². The van der Waals surface area contributed by atoms with Crippen LogP contribution in [0.25, 0.3) is 0 Å². The van der Waals surface area contributed by atoms with Gasteiger partial charge in [-0.3, -0.25) is 4.90 Å². The number of benzene rings is 1. The minimum atomic E-state index is 0.361. The number of fused-ring (bicyclic) bond motifs is 1. The number of nitrogens with one attached hydrogen (secondary N) is 1. The topological polar surface area (TPSA) is 24.5 Å². The van der Waals surface area contributed by atoms with Crippen molar-refractivity contribution in [3.05, 3.63) is 23.8 Å². The largest absolute Gasteiger partial charge is 0.489 e. The molecule has 0 aliphatic carbocycles. The first-order valence-electron chi connectivity index (χ1n) is 7.00. The van der Waals surface area contributed by atoms with E-state index in [2.05, 4.69) is 42.3 Å². The zero-order valence-corrected chi connectivity index (χ0v) is 11.3. The molecule has 18 heavy (non-hydrogen) atoms. The first-order chi connectivity index (χ1) is 8.74. The van der Waals surface area contributed by atoms with Gasteiger partial charge in [0.25, 0.3) is 0 Å². The standard InChI is InChI=1S/C15H22N2O/c1-11(2)17-9-7-12(10-17)18-15-5-3-4-14-13(15)6-8-16-14/h3-5,11-12,16H,6-10H2,1-2H3. The van der Waals surface area contributed by atoms with Crippen molar-refractivity contribution >= 4 is 5.69 Å². The van der Waals surface area contributed by atoms with Crippen LogP contribution in [0.5, 0.6) is 5.75 Å². The van der Waals surface area contributed by atoms with Gasteiger partial charge in [-0.15, -0.1) is 0 Å².